The maximum Gasteiger partial charge on any atom is 0.216 e. The minimum atomic E-state index is 0.0829. The van der Waals surface area contributed by atoms with E-state index in [1.54, 1.807) is 6.92 Å². The number of nitrogens with one attached hydrogen (secondary N) is 1. The molecule has 0 aromatic rings. The van der Waals surface area contributed by atoms with Crippen LogP contribution in [0.5, 0.6) is 0 Å². The number of amides is 1. The quantitative estimate of drug-likeness (QED) is 0.330. The summed E-state index contributed by atoms with van der Waals surface area (Å²) < 4.78 is 0. The van der Waals surface area contributed by atoms with Crippen LogP contribution in [-0.4, -0.2) is 12.5 Å². The summed E-state index contributed by atoms with van der Waals surface area (Å²) in [5, 5.41) is 2.84. The zero-order valence-electron chi connectivity index (χ0n) is 14.2. The van der Waals surface area contributed by atoms with Crippen LogP contribution in [-0.2, 0) is 4.79 Å². The molecule has 0 radical (unpaired) electrons. The van der Waals surface area contributed by atoms with Crippen molar-refractivity contribution < 1.29 is 4.79 Å². The molecular formula is C19H35NO. The van der Waals surface area contributed by atoms with Gasteiger partial charge in [0, 0.05) is 13.5 Å². The largest absolute Gasteiger partial charge is 0.356 e. The second-order valence-corrected chi connectivity index (χ2v) is 5.71. The highest BCUT2D eigenvalue weighted by molar-refractivity contribution is 5.72. The Kier molecular flexibility index (Phi) is 16.2. The third-order valence-corrected chi connectivity index (χ3v) is 3.50. The molecule has 0 atom stereocenters. The summed E-state index contributed by atoms with van der Waals surface area (Å²) >= 11 is 0. The zero-order chi connectivity index (χ0) is 15.6. The van der Waals surface area contributed by atoms with Gasteiger partial charge in [0.25, 0.3) is 0 Å². The number of unbranched alkanes of at least 4 members (excludes halogenated alkanes) is 8. The van der Waals surface area contributed by atoms with Gasteiger partial charge in [-0.1, -0.05) is 63.3 Å². The Morgan fingerprint density at radius 2 is 1.38 bits per heavy atom. The van der Waals surface area contributed by atoms with E-state index in [0.29, 0.717) is 0 Å². The summed E-state index contributed by atoms with van der Waals surface area (Å²) in [7, 11) is 0. The van der Waals surface area contributed by atoms with Gasteiger partial charge in [-0.3, -0.25) is 4.79 Å². The molecule has 122 valence electrons. The van der Waals surface area contributed by atoms with Crippen molar-refractivity contribution in [2.45, 2.75) is 84.5 Å². The average Bonchev–Trinajstić information content (AvgIpc) is 2.46. The van der Waals surface area contributed by atoms with Crippen molar-refractivity contribution in [2.75, 3.05) is 6.54 Å². The first-order valence-electron chi connectivity index (χ1n) is 8.81. The van der Waals surface area contributed by atoms with Gasteiger partial charge in [-0.25, -0.2) is 0 Å². The molecule has 1 amide bonds. The lowest BCUT2D eigenvalue weighted by Crippen LogP contribution is -2.20. The molecule has 0 fully saturated rings. The van der Waals surface area contributed by atoms with Crippen LogP contribution in [0.3, 0.4) is 0 Å². The van der Waals surface area contributed by atoms with Gasteiger partial charge in [0.2, 0.25) is 5.91 Å². The maximum atomic E-state index is 10.7. The molecule has 0 aromatic heterocycles. The van der Waals surface area contributed by atoms with Gasteiger partial charge < -0.3 is 5.32 Å². The molecule has 0 saturated carbocycles. The lowest BCUT2D eigenvalue weighted by Gasteiger charge is -2.01. The number of carbonyl (C=O) groups is 1. The Labute approximate surface area is 132 Å². The summed E-state index contributed by atoms with van der Waals surface area (Å²) in [6, 6.07) is 0. The van der Waals surface area contributed by atoms with Crippen molar-refractivity contribution in [3.8, 4) is 0 Å². The molecule has 0 aliphatic heterocycles. The van der Waals surface area contributed by atoms with Crippen molar-refractivity contribution >= 4 is 5.91 Å². The fourth-order valence-corrected chi connectivity index (χ4v) is 2.20. The molecule has 0 aliphatic rings. The van der Waals surface area contributed by atoms with Crippen molar-refractivity contribution in [1.82, 2.24) is 5.32 Å². The Hall–Kier alpha value is -1.05. The van der Waals surface area contributed by atoms with Gasteiger partial charge in [0.05, 0.1) is 0 Å². The Morgan fingerprint density at radius 1 is 0.810 bits per heavy atom. The van der Waals surface area contributed by atoms with Crippen LogP contribution in [0.1, 0.15) is 84.5 Å². The first kappa shape index (κ1) is 19.9. The third kappa shape index (κ3) is 18.9. The second-order valence-electron chi connectivity index (χ2n) is 5.71. The Balaban J connectivity index is 3.16. The van der Waals surface area contributed by atoms with Gasteiger partial charge >= 0.3 is 0 Å². The molecule has 0 aromatic carbocycles. The van der Waals surface area contributed by atoms with E-state index in [1.165, 1.54) is 57.8 Å². The lowest BCUT2D eigenvalue weighted by molar-refractivity contribution is -0.118. The monoisotopic (exact) mass is 293 g/mol. The Morgan fingerprint density at radius 3 is 2.00 bits per heavy atom. The van der Waals surface area contributed by atoms with Crippen LogP contribution in [0, 0.1) is 0 Å². The van der Waals surface area contributed by atoms with Gasteiger partial charge in [0.1, 0.15) is 0 Å². The molecule has 2 nitrogen and oxygen atoms in total. The van der Waals surface area contributed by atoms with E-state index in [0.717, 1.165) is 19.4 Å². The van der Waals surface area contributed by atoms with Gasteiger partial charge in [0.15, 0.2) is 0 Å². The average molecular weight is 293 g/mol. The smallest absolute Gasteiger partial charge is 0.216 e. The summed E-state index contributed by atoms with van der Waals surface area (Å²) in [5.41, 5.74) is 0. The van der Waals surface area contributed by atoms with Crippen molar-refractivity contribution in [3.63, 3.8) is 0 Å². The number of allylic oxidation sites excluding steroid dienone is 4. The highest BCUT2D eigenvalue weighted by atomic mass is 16.1. The van der Waals surface area contributed by atoms with Gasteiger partial charge in [-0.2, -0.15) is 0 Å². The van der Waals surface area contributed by atoms with Crippen LogP contribution in [0.25, 0.3) is 0 Å². The van der Waals surface area contributed by atoms with Gasteiger partial charge in [-0.15, -0.1) is 0 Å². The van der Waals surface area contributed by atoms with Crippen LogP contribution in [0.15, 0.2) is 24.3 Å². The summed E-state index contributed by atoms with van der Waals surface area (Å²) in [6.45, 7) is 4.65. The molecule has 0 unspecified atom stereocenters. The van der Waals surface area contributed by atoms with Crippen molar-refractivity contribution in [1.29, 1.82) is 0 Å². The molecule has 0 bridgehead atoms. The first-order valence-corrected chi connectivity index (χ1v) is 8.81. The lowest BCUT2D eigenvalue weighted by atomic mass is 10.1. The summed E-state index contributed by atoms with van der Waals surface area (Å²) in [5.74, 6) is 0.0829. The molecular weight excluding hydrogens is 258 g/mol. The topological polar surface area (TPSA) is 29.1 Å². The van der Waals surface area contributed by atoms with Crippen molar-refractivity contribution in [2.24, 2.45) is 0 Å². The molecule has 2 heteroatoms. The normalized spacial score (nSPS) is 11.5. The molecule has 0 aliphatic carbocycles. The van der Waals surface area contributed by atoms with E-state index in [2.05, 4.69) is 36.5 Å². The number of rotatable bonds is 14. The maximum absolute atomic E-state index is 10.7. The number of hydrogen-bond acceptors (Lipinski definition) is 1. The number of carbonyl (C=O) groups excluding carboxylic acids is 1. The van der Waals surface area contributed by atoms with E-state index < -0.39 is 0 Å². The SMILES string of the molecule is CCCCC/C=C\C/C=C\CCCCCCCNC(C)=O. The van der Waals surface area contributed by atoms with E-state index in [9.17, 15) is 4.79 Å². The predicted molar refractivity (Wildman–Crippen MR) is 93.4 cm³/mol. The van der Waals surface area contributed by atoms with Crippen LogP contribution in [0.4, 0.5) is 0 Å². The van der Waals surface area contributed by atoms with E-state index in [1.807, 2.05) is 0 Å². The molecule has 0 saturated heterocycles. The zero-order valence-corrected chi connectivity index (χ0v) is 14.2. The highest BCUT2D eigenvalue weighted by Crippen LogP contribution is 2.06. The minimum absolute atomic E-state index is 0.0829. The summed E-state index contributed by atoms with van der Waals surface area (Å²) in [6.07, 6.45) is 22.9. The fourth-order valence-electron chi connectivity index (χ4n) is 2.20. The van der Waals surface area contributed by atoms with E-state index in [4.69, 9.17) is 0 Å². The fraction of sp³-hybridized carbons (Fsp3) is 0.737. The highest BCUT2D eigenvalue weighted by Gasteiger charge is 1.92. The van der Waals surface area contributed by atoms with Gasteiger partial charge in [-0.05, 0) is 38.5 Å². The van der Waals surface area contributed by atoms with Crippen LogP contribution in [0.2, 0.25) is 0 Å². The van der Waals surface area contributed by atoms with E-state index in [-0.39, 0.29) is 5.91 Å². The predicted octanol–water partition coefficient (Wildman–Crippen LogP) is 5.55. The molecule has 1 N–H and O–H groups in total. The standard InChI is InChI=1S/C19H35NO/c1-3-4-5-6-7-8-9-10-11-12-13-14-15-16-17-18-20-19(2)21/h7-8,10-11H,3-6,9,12-18H2,1-2H3,(H,20,21)/b8-7-,11-10-. The number of hydrogen-bond donors (Lipinski definition) is 1. The van der Waals surface area contributed by atoms with Crippen LogP contribution >= 0.6 is 0 Å². The second kappa shape index (κ2) is 17.0. The Bertz CT molecular complexity index is 281. The minimum Gasteiger partial charge on any atom is -0.356 e. The van der Waals surface area contributed by atoms with Crippen LogP contribution < -0.4 is 5.32 Å². The summed E-state index contributed by atoms with van der Waals surface area (Å²) in [4.78, 5) is 10.7. The molecule has 0 rings (SSSR count). The molecule has 0 heterocycles. The van der Waals surface area contributed by atoms with Crippen molar-refractivity contribution in [3.05, 3.63) is 24.3 Å². The molecule has 0 spiro atoms. The third-order valence-electron chi connectivity index (χ3n) is 3.50. The van der Waals surface area contributed by atoms with E-state index >= 15 is 0 Å². The first-order chi connectivity index (χ1) is 10.3. The molecule has 21 heavy (non-hydrogen) atoms.